The molecule has 0 spiro atoms. The second-order valence-corrected chi connectivity index (χ2v) is 5.45. The molecule has 3 heteroatoms. The summed E-state index contributed by atoms with van der Waals surface area (Å²) >= 11 is 0. The fourth-order valence-corrected chi connectivity index (χ4v) is 2.96. The van der Waals surface area contributed by atoms with Crippen LogP contribution in [-0.4, -0.2) is 22.6 Å². The van der Waals surface area contributed by atoms with Crippen molar-refractivity contribution in [2.75, 3.05) is 13.1 Å². The van der Waals surface area contributed by atoms with Gasteiger partial charge in [-0.2, -0.15) is 0 Å². The maximum Gasteiger partial charge on any atom is 0.0950 e. The second kappa shape index (κ2) is 5.57. The quantitative estimate of drug-likeness (QED) is 0.910. The predicted octanol–water partition coefficient (Wildman–Crippen LogP) is 2.76. The maximum atomic E-state index is 4.36. The maximum absolute atomic E-state index is 4.36. The summed E-state index contributed by atoms with van der Waals surface area (Å²) in [5.74, 6) is 0.626. The third-order valence-corrected chi connectivity index (χ3v) is 4.02. The van der Waals surface area contributed by atoms with Crippen molar-refractivity contribution in [1.29, 1.82) is 0 Å². The highest BCUT2D eigenvalue weighted by Gasteiger charge is 2.21. The fourth-order valence-electron chi connectivity index (χ4n) is 2.96. The van der Waals surface area contributed by atoms with E-state index in [-0.39, 0.29) is 0 Å². The largest absolute Gasteiger partial charge is 0.331 e. The molecule has 2 atom stereocenters. The van der Waals surface area contributed by atoms with Gasteiger partial charge in [-0.25, -0.2) is 4.98 Å². The van der Waals surface area contributed by atoms with Crippen LogP contribution in [0, 0.1) is 0 Å². The molecule has 0 aliphatic carbocycles. The molecule has 0 amide bonds. The Morgan fingerprint density at radius 1 is 1.37 bits per heavy atom. The standard InChI is InChI=1S/C16H21N3/c1-13(9-14-5-3-2-4-6-14)19-12-18-11-16(19)15-7-8-17-10-15/h2-6,11-13,15,17H,7-10H2,1H3. The molecule has 100 valence electrons. The molecular formula is C16H21N3. The van der Waals surface area contributed by atoms with Crippen LogP contribution in [0.5, 0.6) is 0 Å². The highest BCUT2D eigenvalue weighted by atomic mass is 15.1. The lowest BCUT2D eigenvalue weighted by molar-refractivity contribution is 0.507. The van der Waals surface area contributed by atoms with E-state index in [0.717, 1.165) is 19.5 Å². The first-order chi connectivity index (χ1) is 9.34. The summed E-state index contributed by atoms with van der Waals surface area (Å²) in [6.07, 6.45) is 6.31. The minimum Gasteiger partial charge on any atom is -0.331 e. The van der Waals surface area contributed by atoms with E-state index in [2.05, 4.69) is 52.1 Å². The Hall–Kier alpha value is -1.61. The molecule has 2 heterocycles. The number of benzene rings is 1. The molecule has 1 N–H and O–H groups in total. The molecule has 1 aliphatic heterocycles. The van der Waals surface area contributed by atoms with Crippen molar-refractivity contribution < 1.29 is 0 Å². The topological polar surface area (TPSA) is 29.9 Å². The molecule has 0 saturated carbocycles. The zero-order valence-corrected chi connectivity index (χ0v) is 11.4. The first kappa shape index (κ1) is 12.4. The Bertz CT molecular complexity index is 512. The van der Waals surface area contributed by atoms with Gasteiger partial charge in [-0.1, -0.05) is 30.3 Å². The van der Waals surface area contributed by atoms with Gasteiger partial charge in [0.25, 0.3) is 0 Å². The Morgan fingerprint density at radius 3 is 2.95 bits per heavy atom. The summed E-state index contributed by atoms with van der Waals surface area (Å²) in [6, 6.07) is 11.1. The Labute approximate surface area is 114 Å². The van der Waals surface area contributed by atoms with E-state index < -0.39 is 0 Å². The van der Waals surface area contributed by atoms with Crippen molar-refractivity contribution in [3.63, 3.8) is 0 Å². The molecule has 2 unspecified atom stereocenters. The number of hydrogen-bond donors (Lipinski definition) is 1. The summed E-state index contributed by atoms with van der Waals surface area (Å²) in [5, 5.41) is 3.44. The van der Waals surface area contributed by atoms with Crippen LogP contribution in [0.15, 0.2) is 42.9 Å². The number of nitrogens with one attached hydrogen (secondary N) is 1. The van der Waals surface area contributed by atoms with Crippen molar-refractivity contribution in [1.82, 2.24) is 14.9 Å². The van der Waals surface area contributed by atoms with Crippen LogP contribution < -0.4 is 5.32 Å². The number of aromatic nitrogens is 2. The first-order valence-corrected chi connectivity index (χ1v) is 7.11. The summed E-state index contributed by atoms with van der Waals surface area (Å²) in [5.41, 5.74) is 2.77. The zero-order chi connectivity index (χ0) is 13.1. The molecule has 0 bridgehead atoms. The third kappa shape index (κ3) is 2.71. The molecule has 1 aromatic heterocycles. The van der Waals surface area contributed by atoms with Crippen LogP contribution >= 0.6 is 0 Å². The van der Waals surface area contributed by atoms with Gasteiger partial charge in [0, 0.05) is 30.4 Å². The van der Waals surface area contributed by atoms with Crippen molar-refractivity contribution >= 4 is 0 Å². The minimum atomic E-state index is 0.459. The van der Waals surface area contributed by atoms with E-state index in [4.69, 9.17) is 0 Å². The van der Waals surface area contributed by atoms with E-state index in [0.29, 0.717) is 12.0 Å². The molecule has 1 fully saturated rings. The first-order valence-electron chi connectivity index (χ1n) is 7.11. The molecule has 3 nitrogen and oxygen atoms in total. The molecule has 3 rings (SSSR count). The average molecular weight is 255 g/mol. The summed E-state index contributed by atoms with van der Waals surface area (Å²) < 4.78 is 2.35. The number of rotatable bonds is 4. The Kier molecular flexibility index (Phi) is 3.65. The second-order valence-electron chi connectivity index (χ2n) is 5.45. The van der Waals surface area contributed by atoms with Crippen LogP contribution in [0.1, 0.15) is 36.6 Å². The SMILES string of the molecule is CC(Cc1ccccc1)n1cncc1C1CCNC1. The van der Waals surface area contributed by atoms with Crippen molar-refractivity contribution in [2.24, 2.45) is 0 Å². The van der Waals surface area contributed by atoms with Crippen LogP contribution in [0.25, 0.3) is 0 Å². The lowest BCUT2D eigenvalue weighted by Gasteiger charge is -2.19. The highest BCUT2D eigenvalue weighted by molar-refractivity contribution is 5.17. The van der Waals surface area contributed by atoms with Gasteiger partial charge in [-0.3, -0.25) is 0 Å². The normalized spacial score (nSPS) is 20.6. The minimum absolute atomic E-state index is 0.459. The molecule has 1 aromatic carbocycles. The summed E-state index contributed by atoms with van der Waals surface area (Å²) in [6.45, 7) is 4.49. The number of nitrogens with zero attached hydrogens (tertiary/aromatic N) is 2. The van der Waals surface area contributed by atoms with Crippen molar-refractivity contribution in [3.8, 4) is 0 Å². The lowest BCUT2D eigenvalue weighted by atomic mass is 10.0. The van der Waals surface area contributed by atoms with Gasteiger partial charge in [0.2, 0.25) is 0 Å². The molecule has 1 aliphatic rings. The van der Waals surface area contributed by atoms with Gasteiger partial charge in [0.1, 0.15) is 0 Å². The monoisotopic (exact) mass is 255 g/mol. The fraction of sp³-hybridized carbons (Fsp3) is 0.438. The van der Waals surface area contributed by atoms with Gasteiger partial charge in [-0.15, -0.1) is 0 Å². The van der Waals surface area contributed by atoms with Crippen molar-refractivity contribution in [2.45, 2.75) is 31.7 Å². The zero-order valence-electron chi connectivity index (χ0n) is 11.4. The van der Waals surface area contributed by atoms with Gasteiger partial charge < -0.3 is 9.88 Å². The van der Waals surface area contributed by atoms with Crippen LogP contribution in [0.4, 0.5) is 0 Å². The van der Waals surface area contributed by atoms with Crippen LogP contribution in [-0.2, 0) is 6.42 Å². The van der Waals surface area contributed by atoms with E-state index >= 15 is 0 Å². The lowest BCUT2D eigenvalue weighted by Crippen LogP contribution is -2.15. The molecule has 0 radical (unpaired) electrons. The third-order valence-electron chi connectivity index (χ3n) is 4.02. The van der Waals surface area contributed by atoms with E-state index in [1.165, 1.54) is 17.7 Å². The molecule has 1 saturated heterocycles. The Balaban J connectivity index is 1.76. The van der Waals surface area contributed by atoms with Crippen LogP contribution in [0.3, 0.4) is 0 Å². The molecular weight excluding hydrogens is 234 g/mol. The van der Waals surface area contributed by atoms with E-state index in [1.54, 1.807) is 0 Å². The number of imidazole rings is 1. The Morgan fingerprint density at radius 2 is 2.21 bits per heavy atom. The average Bonchev–Trinajstić information content (AvgIpc) is 3.10. The summed E-state index contributed by atoms with van der Waals surface area (Å²) in [4.78, 5) is 4.36. The number of hydrogen-bond acceptors (Lipinski definition) is 2. The van der Waals surface area contributed by atoms with Gasteiger partial charge >= 0.3 is 0 Å². The van der Waals surface area contributed by atoms with Crippen LogP contribution in [0.2, 0.25) is 0 Å². The van der Waals surface area contributed by atoms with E-state index in [1.807, 2.05) is 12.5 Å². The molecule has 19 heavy (non-hydrogen) atoms. The van der Waals surface area contributed by atoms with Gasteiger partial charge in [0.15, 0.2) is 0 Å². The van der Waals surface area contributed by atoms with E-state index in [9.17, 15) is 0 Å². The van der Waals surface area contributed by atoms with Gasteiger partial charge in [0.05, 0.1) is 6.33 Å². The van der Waals surface area contributed by atoms with Gasteiger partial charge in [-0.05, 0) is 31.9 Å². The predicted molar refractivity (Wildman–Crippen MR) is 77.3 cm³/mol. The molecule has 2 aromatic rings. The smallest absolute Gasteiger partial charge is 0.0950 e. The highest BCUT2D eigenvalue weighted by Crippen LogP contribution is 2.25. The van der Waals surface area contributed by atoms with Crippen molar-refractivity contribution in [3.05, 3.63) is 54.1 Å². The summed E-state index contributed by atoms with van der Waals surface area (Å²) in [7, 11) is 0.